The summed E-state index contributed by atoms with van der Waals surface area (Å²) in [7, 11) is 0. The summed E-state index contributed by atoms with van der Waals surface area (Å²) in [6.07, 6.45) is 0. The van der Waals surface area contributed by atoms with Crippen LogP contribution in [-0.4, -0.2) is 4.98 Å². The van der Waals surface area contributed by atoms with Crippen molar-refractivity contribution >= 4 is 40.1 Å². The molecule has 2 heterocycles. The Morgan fingerprint density at radius 1 is 1.39 bits per heavy atom. The number of rotatable bonds is 1. The molecule has 6 heteroatoms. The van der Waals surface area contributed by atoms with Crippen LogP contribution in [0.2, 0.25) is 5.02 Å². The van der Waals surface area contributed by atoms with Gasteiger partial charge in [-0.2, -0.15) is 10.2 Å². The van der Waals surface area contributed by atoms with E-state index in [9.17, 15) is 0 Å². The molecule has 0 aliphatic rings. The predicted octanol–water partition coefficient (Wildman–Crippen LogP) is 3.66. The third kappa shape index (κ3) is 1.55. The van der Waals surface area contributed by atoms with Crippen molar-refractivity contribution in [1.82, 2.24) is 4.98 Å². The number of hydrogen-bond donors (Lipinski definition) is 1. The topological polar surface area (TPSA) is 75.8 Å². The minimum absolute atomic E-state index is 0.0533. The monoisotopic (exact) mass is 275 g/mol. The van der Waals surface area contributed by atoms with E-state index in [1.165, 1.54) is 11.3 Å². The van der Waals surface area contributed by atoms with Gasteiger partial charge >= 0.3 is 0 Å². The summed E-state index contributed by atoms with van der Waals surface area (Å²) in [5.74, 6) is 0. The van der Waals surface area contributed by atoms with Crippen LogP contribution in [-0.2, 0) is 0 Å². The number of anilines is 1. The van der Waals surface area contributed by atoms with Gasteiger partial charge in [0.15, 0.2) is 5.58 Å². The maximum atomic E-state index is 9.08. The molecule has 0 bridgehead atoms. The van der Waals surface area contributed by atoms with Crippen LogP contribution in [0.3, 0.4) is 0 Å². The van der Waals surface area contributed by atoms with E-state index < -0.39 is 0 Å². The van der Waals surface area contributed by atoms with Gasteiger partial charge < -0.3 is 10.2 Å². The number of hydrogen-bond acceptors (Lipinski definition) is 5. The lowest BCUT2D eigenvalue weighted by molar-refractivity contribution is 0.628. The number of thiophene rings is 1. The van der Waals surface area contributed by atoms with Gasteiger partial charge in [0.05, 0.1) is 4.88 Å². The Bertz CT molecular complexity index is 784. The van der Waals surface area contributed by atoms with Crippen LogP contribution < -0.4 is 5.73 Å². The van der Waals surface area contributed by atoms with Gasteiger partial charge in [-0.25, -0.2) is 0 Å². The predicted molar refractivity (Wildman–Crippen MR) is 71.5 cm³/mol. The SMILES string of the molecule is N#Cc1sc(-c2ccccc2Cl)c2oc(N)nc12. The fraction of sp³-hybridized carbons (Fsp3) is 0. The molecule has 0 saturated carbocycles. The van der Waals surface area contributed by atoms with Crippen LogP contribution in [0.5, 0.6) is 0 Å². The highest BCUT2D eigenvalue weighted by Crippen LogP contribution is 2.41. The summed E-state index contributed by atoms with van der Waals surface area (Å²) in [6.45, 7) is 0. The summed E-state index contributed by atoms with van der Waals surface area (Å²) in [5, 5.41) is 9.68. The largest absolute Gasteiger partial charge is 0.422 e. The number of aromatic nitrogens is 1. The fourth-order valence-corrected chi connectivity index (χ4v) is 3.03. The average Bonchev–Trinajstić information content (AvgIpc) is 2.87. The van der Waals surface area contributed by atoms with Crippen LogP contribution in [0.1, 0.15) is 4.88 Å². The van der Waals surface area contributed by atoms with Crippen molar-refractivity contribution in [3.8, 4) is 16.5 Å². The van der Waals surface area contributed by atoms with E-state index >= 15 is 0 Å². The van der Waals surface area contributed by atoms with Gasteiger partial charge in [0, 0.05) is 10.6 Å². The molecule has 18 heavy (non-hydrogen) atoms. The van der Waals surface area contributed by atoms with Gasteiger partial charge in [0.1, 0.15) is 16.5 Å². The first-order valence-corrected chi connectivity index (χ1v) is 6.24. The maximum Gasteiger partial charge on any atom is 0.293 e. The summed E-state index contributed by atoms with van der Waals surface area (Å²) in [4.78, 5) is 5.26. The highest BCUT2D eigenvalue weighted by molar-refractivity contribution is 7.18. The molecule has 0 aliphatic heterocycles. The Morgan fingerprint density at radius 2 is 2.17 bits per heavy atom. The van der Waals surface area contributed by atoms with Gasteiger partial charge in [0.2, 0.25) is 0 Å². The number of fused-ring (bicyclic) bond motifs is 1. The van der Waals surface area contributed by atoms with E-state index in [0.29, 0.717) is 21.0 Å². The molecule has 3 aromatic rings. The molecular formula is C12H6ClN3OS. The molecule has 0 saturated heterocycles. The Kier molecular flexibility index (Phi) is 2.47. The Morgan fingerprint density at radius 3 is 2.89 bits per heavy atom. The molecule has 3 rings (SSSR count). The number of oxazole rings is 1. The van der Waals surface area contributed by atoms with Crippen molar-refractivity contribution in [2.75, 3.05) is 5.73 Å². The molecule has 88 valence electrons. The standard InChI is InChI=1S/C12H6ClN3OS/c13-7-4-2-1-3-6(7)11-10-9(8(5-14)18-11)16-12(15)17-10/h1-4H,(H2,15,16). The third-order valence-electron chi connectivity index (χ3n) is 2.49. The number of halogens is 1. The number of nitrogen functional groups attached to an aromatic ring is 1. The van der Waals surface area contributed by atoms with E-state index in [1.54, 1.807) is 6.07 Å². The second kappa shape index (κ2) is 4.02. The molecule has 4 nitrogen and oxygen atoms in total. The van der Waals surface area contributed by atoms with Crippen molar-refractivity contribution in [2.45, 2.75) is 0 Å². The molecule has 0 amide bonds. The normalized spacial score (nSPS) is 10.7. The molecule has 0 unspecified atom stereocenters. The maximum absolute atomic E-state index is 9.08. The zero-order chi connectivity index (χ0) is 12.7. The summed E-state index contributed by atoms with van der Waals surface area (Å²) in [5.41, 5.74) is 7.35. The van der Waals surface area contributed by atoms with Gasteiger partial charge in [-0.3, -0.25) is 0 Å². The highest BCUT2D eigenvalue weighted by atomic mass is 35.5. The van der Waals surface area contributed by atoms with Crippen LogP contribution >= 0.6 is 22.9 Å². The Hall–Kier alpha value is -2.03. The first-order chi connectivity index (χ1) is 8.70. The van der Waals surface area contributed by atoms with Gasteiger partial charge in [0.25, 0.3) is 6.01 Å². The van der Waals surface area contributed by atoms with Crippen molar-refractivity contribution in [1.29, 1.82) is 5.26 Å². The van der Waals surface area contributed by atoms with Crippen molar-refractivity contribution < 1.29 is 4.42 Å². The molecule has 1 aromatic carbocycles. The molecule has 2 aromatic heterocycles. The third-order valence-corrected chi connectivity index (χ3v) is 3.92. The lowest BCUT2D eigenvalue weighted by Crippen LogP contribution is -1.81. The van der Waals surface area contributed by atoms with E-state index in [0.717, 1.165) is 10.4 Å². The summed E-state index contributed by atoms with van der Waals surface area (Å²) >= 11 is 7.45. The Labute approximate surface area is 111 Å². The quantitative estimate of drug-likeness (QED) is 0.735. The molecule has 2 N–H and O–H groups in total. The molecule has 0 spiro atoms. The van der Waals surface area contributed by atoms with E-state index in [-0.39, 0.29) is 6.01 Å². The average molecular weight is 276 g/mol. The van der Waals surface area contributed by atoms with Crippen molar-refractivity contribution in [2.24, 2.45) is 0 Å². The van der Waals surface area contributed by atoms with Crippen LogP contribution in [0.15, 0.2) is 28.7 Å². The molecular weight excluding hydrogens is 270 g/mol. The number of nitrogens with two attached hydrogens (primary N) is 1. The second-order valence-electron chi connectivity index (χ2n) is 3.58. The zero-order valence-electron chi connectivity index (χ0n) is 8.98. The lowest BCUT2D eigenvalue weighted by atomic mass is 10.2. The van der Waals surface area contributed by atoms with Crippen LogP contribution in [0.25, 0.3) is 21.5 Å². The molecule has 0 radical (unpaired) electrons. The first kappa shape index (κ1) is 11.1. The smallest absolute Gasteiger partial charge is 0.293 e. The van der Waals surface area contributed by atoms with E-state index in [4.69, 9.17) is 27.0 Å². The fourth-order valence-electron chi connectivity index (χ4n) is 1.74. The minimum Gasteiger partial charge on any atom is -0.422 e. The first-order valence-electron chi connectivity index (χ1n) is 5.04. The number of nitrogens with zero attached hydrogens (tertiary/aromatic N) is 2. The number of benzene rings is 1. The lowest BCUT2D eigenvalue weighted by Gasteiger charge is -1.99. The van der Waals surface area contributed by atoms with Gasteiger partial charge in [-0.1, -0.05) is 29.8 Å². The van der Waals surface area contributed by atoms with E-state index in [1.807, 2.05) is 18.2 Å². The van der Waals surface area contributed by atoms with Crippen molar-refractivity contribution in [3.05, 3.63) is 34.2 Å². The second-order valence-corrected chi connectivity index (χ2v) is 5.01. The summed E-state index contributed by atoms with van der Waals surface area (Å²) < 4.78 is 5.36. The Balaban J connectivity index is 2.37. The minimum atomic E-state index is 0.0533. The van der Waals surface area contributed by atoms with E-state index in [2.05, 4.69) is 11.1 Å². The van der Waals surface area contributed by atoms with Crippen LogP contribution in [0, 0.1) is 11.3 Å². The molecule has 0 fully saturated rings. The molecule has 0 atom stereocenters. The molecule has 0 aliphatic carbocycles. The summed E-state index contributed by atoms with van der Waals surface area (Å²) in [6, 6.07) is 9.52. The van der Waals surface area contributed by atoms with Gasteiger partial charge in [-0.05, 0) is 6.07 Å². The van der Waals surface area contributed by atoms with Crippen LogP contribution in [0.4, 0.5) is 6.01 Å². The zero-order valence-corrected chi connectivity index (χ0v) is 10.5. The van der Waals surface area contributed by atoms with Crippen molar-refractivity contribution in [3.63, 3.8) is 0 Å². The highest BCUT2D eigenvalue weighted by Gasteiger charge is 2.19. The van der Waals surface area contributed by atoms with Gasteiger partial charge in [-0.15, -0.1) is 11.3 Å². The number of nitriles is 1.